The van der Waals surface area contributed by atoms with E-state index in [9.17, 15) is 0 Å². The zero-order valence-corrected chi connectivity index (χ0v) is 11.3. The molecule has 1 aliphatic heterocycles. The lowest BCUT2D eigenvalue weighted by Gasteiger charge is -2.28. The standard InChI is InChI=1S/C15H24N2/c1-4-15(5-2)8-9-17(11-15)14-7-6-13(16)10-12(14)3/h6-7,10H,4-5,8-9,11,16H2,1-3H3. The van der Waals surface area contributed by atoms with Crippen molar-refractivity contribution in [2.75, 3.05) is 23.7 Å². The van der Waals surface area contributed by atoms with Gasteiger partial charge >= 0.3 is 0 Å². The topological polar surface area (TPSA) is 29.3 Å². The van der Waals surface area contributed by atoms with Gasteiger partial charge in [0.1, 0.15) is 0 Å². The quantitative estimate of drug-likeness (QED) is 0.807. The van der Waals surface area contributed by atoms with Gasteiger partial charge in [0, 0.05) is 24.5 Å². The first-order valence-electron chi connectivity index (χ1n) is 6.71. The van der Waals surface area contributed by atoms with Gasteiger partial charge in [-0.3, -0.25) is 0 Å². The highest BCUT2D eigenvalue weighted by atomic mass is 15.2. The van der Waals surface area contributed by atoms with Gasteiger partial charge in [0.05, 0.1) is 0 Å². The lowest BCUT2D eigenvalue weighted by molar-refractivity contribution is 0.301. The lowest BCUT2D eigenvalue weighted by atomic mass is 9.82. The van der Waals surface area contributed by atoms with Crippen LogP contribution in [0.1, 0.15) is 38.7 Å². The maximum atomic E-state index is 5.81. The number of hydrogen-bond donors (Lipinski definition) is 1. The SMILES string of the molecule is CCC1(CC)CCN(c2ccc(N)cc2C)C1. The fraction of sp³-hybridized carbons (Fsp3) is 0.600. The van der Waals surface area contributed by atoms with Crippen LogP contribution < -0.4 is 10.6 Å². The average Bonchev–Trinajstić information content (AvgIpc) is 2.74. The molecule has 0 atom stereocenters. The molecule has 0 amide bonds. The minimum absolute atomic E-state index is 0.536. The van der Waals surface area contributed by atoms with Gasteiger partial charge < -0.3 is 10.6 Å². The number of nitrogens with zero attached hydrogens (tertiary/aromatic N) is 1. The third-order valence-electron chi connectivity index (χ3n) is 4.50. The molecule has 0 aliphatic carbocycles. The fourth-order valence-corrected chi connectivity index (χ4v) is 3.00. The normalized spacial score (nSPS) is 18.6. The molecule has 1 fully saturated rings. The van der Waals surface area contributed by atoms with Crippen LogP contribution in [0.3, 0.4) is 0 Å². The monoisotopic (exact) mass is 232 g/mol. The summed E-state index contributed by atoms with van der Waals surface area (Å²) in [5.41, 5.74) is 9.88. The highest BCUT2D eigenvalue weighted by Crippen LogP contribution is 2.39. The molecule has 17 heavy (non-hydrogen) atoms. The minimum Gasteiger partial charge on any atom is -0.399 e. The van der Waals surface area contributed by atoms with E-state index < -0.39 is 0 Å². The van der Waals surface area contributed by atoms with Gasteiger partial charge in [0.25, 0.3) is 0 Å². The van der Waals surface area contributed by atoms with E-state index in [4.69, 9.17) is 5.73 Å². The van der Waals surface area contributed by atoms with Crippen molar-refractivity contribution in [1.82, 2.24) is 0 Å². The second kappa shape index (κ2) is 4.59. The summed E-state index contributed by atoms with van der Waals surface area (Å²) >= 11 is 0. The van der Waals surface area contributed by atoms with Crippen molar-refractivity contribution in [3.63, 3.8) is 0 Å². The smallest absolute Gasteiger partial charge is 0.0397 e. The molecule has 2 heteroatoms. The molecule has 0 radical (unpaired) electrons. The van der Waals surface area contributed by atoms with Crippen molar-refractivity contribution in [3.8, 4) is 0 Å². The van der Waals surface area contributed by atoms with Crippen LogP contribution in [0, 0.1) is 12.3 Å². The van der Waals surface area contributed by atoms with Crippen LogP contribution in [-0.2, 0) is 0 Å². The molecule has 1 aromatic rings. The maximum absolute atomic E-state index is 5.81. The number of rotatable bonds is 3. The summed E-state index contributed by atoms with van der Waals surface area (Å²) in [5, 5.41) is 0. The second-order valence-corrected chi connectivity index (χ2v) is 5.42. The minimum atomic E-state index is 0.536. The predicted molar refractivity (Wildman–Crippen MR) is 75.4 cm³/mol. The number of hydrogen-bond acceptors (Lipinski definition) is 2. The third kappa shape index (κ3) is 2.26. The van der Waals surface area contributed by atoms with Gasteiger partial charge in [0.15, 0.2) is 0 Å². The summed E-state index contributed by atoms with van der Waals surface area (Å²) in [5.74, 6) is 0. The van der Waals surface area contributed by atoms with Crippen LogP contribution in [0.25, 0.3) is 0 Å². The highest BCUT2D eigenvalue weighted by Gasteiger charge is 2.35. The highest BCUT2D eigenvalue weighted by molar-refractivity contribution is 5.59. The van der Waals surface area contributed by atoms with E-state index in [0.29, 0.717) is 5.41 Å². The first-order valence-corrected chi connectivity index (χ1v) is 6.71. The number of benzene rings is 1. The molecule has 1 saturated heterocycles. The van der Waals surface area contributed by atoms with Crippen molar-refractivity contribution in [2.24, 2.45) is 5.41 Å². The van der Waals surface area contributed by atoms with Gasteiger partial charge in [0.2, 0.25) is 0 Å². The lowest BCUT2D eigenvalue weighted by Crippen LogP contribution is -2.26. The summed E-state index contributed by atoms with van der Waals surface area (Å²) in [6.07, 6.45) is 3.89. The van der Waals surface area contributed by atoms with Crippen molar-refractivity contribution in [1.29, 1.82) is 0 Å². The maximum Gasteiger partial charge on any atom is 0.0397 e. The molecule has 0 saturated carbocycles. The summed E-state index contributed by atoms with van der Waals surface area (Å²) in [6, 6.07) is 6.26. The van der Waals surface area contributed by atoms with Crippen LogP contribution in [0.2, 0.25) is 0 Å². The largest absolute Gasteiger partial charge is 0.399 e. The van der Waals surface area contributed by atoms with Gasteiger partial charge in [-0.05, 0) is 55.4 Å². The Labute approximate surface area is 105 Å². The summed E-state index contributed by atoms with van der Waals surface area (Å²) in [4.78, 5) is 2.53. The Bertz CT molecular complexity index is 394. The molecule has 1 aromatic carbocycles. The summed E-state index contributed by atoms with van der Waals surface area (Å²) in [7, 11) is 0. The molecule has 0 unspecified atom stereocenters. The Hall–Kier alpha value is -1.18. The Balaban J connectivity index is 2.20. The third-order valence-corrected chi connectivity index (χ3v) is 4.50. The molecular weight excluding hydrogens is 208 g/mol. The molecule has 2 rings (SSSR count). The Morgan fingerprint density at radius 3 is 2.53 bits per heavy atom. The van der Waals surface area contributed by atoms with E-state index in [1.165, 1.54) is 43.6 Å². The predicted octanol–water partition coefficient (Wildman–Crippen LogP) is 3.59. The Morgan fingerprint density at radius 2 is 2.00 bits per heavy atom. The molecule has 1 aliphatic rings. The van der Waals surface area contributed by atoms with E-state index in [-0.39, 0.29) is 0 Å². The molecule has 2 N–H and O–H groups in total. The molecule has 2 nitrogen and oxygen atoms in total. The number of anilines is 2. The van der Waals surface area contributed by atoms with E-state index >= 15 is 0 Å². The fourth-order valence-electron chi connectivity index (χ4n) is 3.00. The van der Waals surface area contributed by atoms with Crippen LogP contribution >= 0.6 is 0 Å². The molecule has 0 bridgehead atoms. The molecule has 0 aromatic heterocycles. The summed E-state index contributed by atoms with van der Waals surface area (Å²) < 4.78 is 0. The molecule has 0 spiro atoms. The molecular formula is C15H24N2. The molecule has 94 valence electrons. The van der Waals surface area contributed by atoms with Crippen LogP contribution in [0.4, 0.5) is 11.4 Å². The van der Waals surface area contributed by atoms with Crippen molar-refractivity contribution in [2.45, 2.75) is 40.0 Å². The van der Waals surface area contributed by atoms with Crippen LogP contribution in [-0.4, -0.2) is 13.1 Å². The van der Waals surface area contributed by atoms with E-state index in [1.54, 1.807) is 0 Å². The molecule has 1 heterocycles. The van der Waals surface area contributed by atoms with E-state index in [2.05, 4.69) is 37.8 Å². The zero-order valence-electron chi connectivity index (χ0n) is 11.3. The van der Waals surface area contributed by atoms with E-state index in [1.807, 2.05) is 6.07 Å². The van der Waals surface area contributed by atoms with Crippen LogP contribution in [0.5, 0.6) is 0 Å². The first kappa shape index (κ1) is 12.3. The zero-order chi connectivity index (χ0) is 12.5. The average molecular weight is 232 g/mol. The Kier molecular flexibility index (Phi) is 3.32. The van der Waals surface area contributed by atoms with Crippen molar-refractivity contribution >= 4 is 11.4 Å². The summed E-state index contributed by atoms with van der Waals surface area (Å²) in [6.45, 7) is 9.19. The first-order chi connectivity index (χ1) is 8.10. The van der Waals surface area contributed by atoms with Crippen molar-refractivity contribution in [3.05, 3.63) is 23.8 Å². The van der Waals surface area contributed by atoms with Gasteiger partial charge in [-0.25, -0.2) is 0 Å². The van der Waals surface area contributed by atoms with Crippen molar-refractivity contribution < 1.29 is 0 Å². The van der Waals surface area contributed by atoms with Gasteiger partial charge in [-0.2, -0.15) is 0 Å². The number of nitrogens with two attached hydrogens (primary N) is 1. The number of aryl methyl sites for hydroxylation is 1. The van der Waals surface area contributed by atoms with E-state index in [0.717, 1.165) is 5.69 Å². The van der Waals surface area contributed by atoms with Gasteiger partial charge in [-0.15, -0.1) is 0 Å². The van der Waals surface area contributed by atoms with Gasteiger partial charge in [-0.1, -0.05) is 13.8 Å². The number of nitrogen functional groups attached to an aromatic ring is 1. The second-order valence-electron chi connectivity index (χ2n) is 5.42. The van der Waals surface area contributed by atoms with Crippen LogP contribution in [0.15, 0.2) is 18.2 Å². The Morgan fingerprint density at radius 1 is 1.29 bits per heavy atom.